The van der Waals surface area contributed by atoms with Crippen molar-refractivity contribution in [1.29, 1.82) is 0 Å². The molecule has 0 aromatic rings. The third-order valence-corrected chi connectivity index (χ3v) is 2.19. The summed E-state index contributed by atoms with van der Waals surface area (Å²) in [5, 5.41) is 14.9. The van der Waals surface area contributed by atoms with Gasteiger partial charge in [0, 0.05) is 6.54 Å². The molecule has 3 N–H and O–H groups in total. The van der Waals surface area contributed by atoms with Gasteiger partial charge in [-0.3, -0.25) is 0 Å². The van der Waals surface area contributed by atoms with Crippen LogP contribution in [-0.2, 0) is 4.74 Å². The molecule has 15 heavy (non-hydrogen) atoms. The van der Waals surface area contributed by atoms with Crippen molar-refractivity contribution < 1.29 is 9.84 Å². The second-order valence-electron chi connectivity index (χ2n) is 3.60. The van der Waals surface area contributed by atoms with Gasteiger partial charge in [0.1, 0.15) is 0 Å². The highest BCUT2D eigenvalue weighted by molar-refractivity contribution is 4.49. The molecule has 0 aliphatic rings. The SMILES string of the molecule is CNCCCCCCNCCOCCO. The van der Waals surface area contributed by atoms with Crippen LogP contribution in [0, 0.1) is 0 Å². The largest absolute Gasteiger partial charge is 0.394 e. The standard InChI is InChI=1S/C11H26N2O2/c1-12-6-4-2-3-5-7-13-8-10-15-11-9-14/h12-14H,2-11H2,1H3. The van der Waals surface area contributed by atoms with E-state index < -0.39 is 0 Å². The first kappa shape index (κ1) is 14.8. The molecule has 0 bridgehead atoms. The summed E-state index contributed by atoms with van der Waals surface area (Å²) >= 11 is 0. The number of aliphatic hydroxyl groups is 1. The van der Waals surface area contributed by atoms with Gasteiger partial charge in [-0.25, -0.2) is 0 Å². The first-order valence-corrected chi connectivity index (χ1v) is 5.95. The summed E-state index contributed by atoms with van der Waals surface area (Å²) in [6.45, 7) is 4.35. The molecule has 0 aliphatic carbocycles. The second-order valence-corrected chi connectivity index (χ2v) is 3.60. The van der Waals surface area contributed by atoms with Crippen molar-refractivity contribution in [2.24, 2.45) is 0 Å². The van der Waals surface area contributed by atoms with E-state index >= 15 is 0 Å². The Morgan fingerprint density at radius 1 is 0.933 bits per heavy atom. The van der Waals surface area contributed by atoms with E-state index in [4.69, 9.17) is 9.84 Å². The molecule has 0 aromatic carbocycles. The maximum atomic E-state index is 8.46. The van der Waals surface area contributed by atoms with Crippen molar-refractivity contribution in [2.75, 3.05) is 46.5 Å². The number of hydrogen-bond acceptors (Lipinski definition) is 4. The smallest absolute Gasteiger partial charge is 0.0698 e. The molecule has 0 saturated heterocycles. The predicted octanol–water partition coefficient (Wildman–Crippen LogP) is 0.365. The first-order chi connectivity index (χ1) is 7.41. The van der Waals surface area contributed by atoms with Gasteiger partial charge in [0.2, 0.25) is 0 Å². The fourth-order valence-corrected chi connectivity index (χ4v) is 1.34. The molecule has 4 nitrogen and oxygen atoms in total. The maximum absolute atomic E-state index is 8.46. The number of hydrogen-bond donors (Lipinski definition) is 3. The molecule has 0 radical (unpaired) electrons. The summed E-state index contributed by atoms with van der Waals surface area (Å²) in [7, 11) is 1.99. The molecule has 0 rings (SSSR count). The van der Waals surface area contributed by atoms with Crippen molar-refractivity contribution in [1.82, 2.24) is 10.6 Å². The van der Waals surface area contributed by atoms with Crippen molar-refractivity contribution in [3.05, 3.63) is 0 Å². The van der Waals surface area contributed by atoms with Gasteiger partial charge < -0.3 is 20.5 Å². The van der Waals surface area contributed by atoms with Crippen LogP contribution >= 0.6 is 0 Å². The zero-order chi connectivity index (χ0) is 11.2. The molecular formula is C11H26N2O2. The van der Waals surface area contributed by atoms with Gasteiger partial charge in [-0.1, -0.05) is 12.8 Å². The van der Waals surface area contributed by atoms with Gasteiger partial charge in [0.05, 0.1) is 19.8 Å². The van der Waals surface area contributed by atoms with Crippen LogP contribution in [0.5, 0.6) is 0 Å². The second kappa shape index (κ2) is 13.8. The van der Waals surface area contributed by atoms with Crippen molar-refractivity contribution in [3.63, 3.8) is 0 Å². The molecule has 0 saturated carbocycles. The molecule has 0 heterocycles. The van der Waals surface area contributed by atoms with E-state index in [-0.39, 0.29) is 6.61 Å². The van der Waals surface area contributed by atoms with E-state index in [1.165, 1.54) is 25.7 Å². The molecule has 0 aliphatic heterocycles. The Labute approximate surface area is 93.4 Å². The monoisotopic (exact) mass is 218 g/mol. The quantitative estimate of drug-likeness (QED) is 0.414. The molecule has 92 valence electrons. The van der Waals surface area contributed by atoms with Crippen LogP contribution in [0.2, 0.25) is 0 Å². The minimum atomic E-state index is 0.117. The Morgan fingerprint density at radius 2 is 1.67 bits per heavy atom. The highest BCUT2D eigenvalue weighted by Crippen LogP contribution is 1.97. The van der Waals surface area contributed by atoms with E-state index in [1.807, 2.05) is 7.05 Å². The number of nitrogens with one attached hydrogen (secondary N) is 2. The minimum absolute atomic E-state index is 0.117. The van der Waals surface area contributed by atoms with Crippen LogP contribution in [0.15, 0.2) is 0 Å². The lowest BCUT2D eigenvalue weighted by Gasteiger charge is -2.05. The summed E-state index contributed by atoms with van der Waals surface area (Å²) in [6, 6.07) is 0. The fourth-order valence-electron chi connectivity index (χ4n) is 1.34. The Balaban J connectivity index is 2.81. The number of unbranched alkanes of at least 4 members (excludes halogenated alkanes) is 3. The highest BCUT2D eigenvalue weighted by Gasteiger charge is 1.90. The molecule has 0 aromatic heterocycles. The number of rotatable bonds is 12. The van der Waals surface area contributed by atoms with Crippen molar-refractivity contribution in [2.45, 2.75) is 25.7 Å². The molecule has 0 amide bonds. The van der Waals surface area contributed by atoms with E-state index in [2.05, 4.69) is 10.6 Å². The van der Waals surface area contributed by atoms with Crippen LogP contribution in [0.1, 0.15) is 25.7 Å². The van der Waals surface area contributed by atoms with Crippen molar-refractivity contribution >= 4 is 0 Å². The summed E-state index contributed by atoms with van der Waals surface area (Å²) in [4.78, 5) is 0. The third-order valence-electron chi connectivity index (χ3n) is 2.19. The van der Waals surface area contributed by atoms with Gasteiger partial charge in [-0.2, -0.15) is 0 Å². The molecular weight excluding hydrogens is 192 g/mol. The van der Waals surface area contributed by atoms with Gasteiger partial charge in [0.15, 0.2) is 0 Å². The van der Waals surface area contributed by atoms with E-state index in [0.29, 0.717) is 13.2 Å². The lowest BCUT2D eigenvalue weighted by Crippen LogP contribution is -2.21. The van der Waals surface area contributed by atoms with Crippen LogP contribution in [0.25, 0.3) is 0 Å². The molecule has 0 unspecified atom stereocenters. The Kier molecular flexibility index (Phi) is 13.7. The van der Waals surface area contributed by atoms with Crippen molar-refractivity contribution in [3.8, 4) is 0 Å². The average Bonchev–Trinajstić information content (AvgIpc) is 2.26. The Morgan fingerprint density at radius 3 is 2.33 bits per heavy atom. The van der Waals surface area contributed by atoms with Crippen LogP contribution < -0.4 is 10.6 Å². The summed E-state index contributed by atoms with van der Waals surface area (Å²) in [5.74, 6) is 0. The summed E-state index contributed by atoms with van der Waals surface area (Å²) < 4.78 is 5.12. The number of ether oxygens (including phenoxy) is 1. The molecule has 4 heteroatoms. The van der Waals surface area contributed by atoms with Gasteiger partial charge in [-0.05, 0) is 33.0 Å². The highest BCUT2D eigenvalue weighted by atomic mass is 16.5. The summed E-state index contributed by atoms with van der Waals surface area (Å²) in [5.41, 5.74) is 0. The fraction of sp³-hybridized carbons (Fsp3) is 1.00. The Bertz CT molecular complexity index is 101. The molecule has 0 fully saturated rings. The summed E-state index contributed by atoms with van der Waals surface area (Å²) in [6.07, 6.45) is 5.12. The number of aliphatic hydroxyl groups excluding tert-OH is 1. The molecule has 0 spiro atoms. The molecule has 0 atom stereocenters. The van der Waals surface area contributed by atoms with Gasteiger partial charge in [0.25, 0.3) is 0 Å². The lowest BCUT2D eigenvalue weighted by molar-refractivity contribution is 0.0939. The topological polar surface area (TPSA) is 53.5 Å². The first-order valence-electron chi connectivity index (χ1n) is 5.95. The minimum Gasteiger partial charge on any atom is -0.394 e. The Hall–Kier alpha value is -0.160. The average molecular weight is 218 g/mol. The third kappa shape index (κ3) is 13.8. The van der Waals surface area contributed by atoms with Crippen LogP contribution in [0.4, 0.5) is 0 Å². The maximum Gasteiger partial charge on any atom is 0.0698 e. The van der Waals surface area contributed by atoms with Crippen LogP contribution in [-0.4, -0.2) is 51.6 Å². The predicted molar refractivity (Wildman–Crippen MR) is 63.2 cm³/mol. The lowest BCUT2D eigenvalue weighted by atomic mass is 10.2. The van der Waals surface area contributed by atoms with Gasteiger partial charge >= 0.3 is 0 Å². The van der Waals surface area contributed by atoms with E-state index in [0.717, 1.165) is 19.6 Å². The van der Waals surface area contributed by atoms with Crippen LogP contribution in [0.3, 0.4) is 0 Å². The zero-order valence-corrected chi connectivity index (χ0v) is 9.93. The van der Waals surface area contributed by atoms with E-state index in [9.17, 15) is 0 Å². The van der Waals surface area contributed by atoms with Gasteiger partial charge in [-0.15, -0.1) is 0 Å². The van der Waals surface area contributed by atoms with E-state index in [1.54, 1.807) is 0 Å². The zero-order valence-electron chi connectivity index (χ0n) is 9.93. The normalized spacial score (nSPS) is 10.8.